The van der Waals surface area contributed by atoms with Crippen LogP contribution < -0.4 is 9.04 Å². The van der Waals surface area contributed by atoms with Crippen LogP contribution in [0.15, 0.2) is 89.8 Å². The van der Waals surface area contributed by atoms with E-state index >= 15 is 0 Å². The summed E-state index contributed by atoms with van der Waals surface area (Å²) in [5.74, 6) is 0.752. The van der Waals surface area contributed by atoms with E-state index in [1.807, 2.05) is 13.0 Å². The Hall–Kier alpha value is -3.32. The fraction of sp³-hybridized carbons (Fsp3) is 0.321. The lowest BCUT2D eigenvalue weighted by Gasteiger charge is -2.34. The van der Waals surface area contributed by atoms with Gasteiger partial charge < -0.3 is 9.64 Å². The zero-order valence-electron chi connectivity index (χ0n) is 20.0. The van der Waals surface area contributed by atoms with Crippen molar-refractivity contribution in [3.8, 4) is 5.75 Å². The summed E-state index contributed by atoms with van der Waals surface area (Å²) in [6.07, 6.45) is 2.81. The van der Waals surface area contributed by atoms with Gasteiger partial charge in [0.2, 0.25) is 5.91 Å². The van der Waals surface area contributed by atoms with Crippen molar-refractivity contribution >= 4 is 21.6 Å². The topological polar surface area (TPSA) is 66.9 Å². The van der Waals surface area contributed by atoms with Gasteiger partial charge in [0.1, 0.15) is 12.3 Å². The van der Waals surface area contributed by atoms with E-state index < -0.39 is 10.0 Å². The summed E-state index contributed by atoms with van der Waals surface area (Å²) < 4.78 is 34.2. The van der Waals surface area contributed by atoms with Crippen molar-refractivity contribution in [2.24, 2.45) is 5.92 Å². The quantitative estimate of drug-likeness (QED) is 0.432. The Balaban J connectivity index is 1.52. The number of anilines is 1. The molecule has 0 bridgehead atoms. The van der Waals surface area contributed by atoms with Crippen LogP contribution in [0.4, 0.5) is 5.69 Å². The first kappa shape index (κ1) is 24.8. The number of amides is 1. The Morgan fingerprint density at radius 1 is 0.914 bits per heavy atom. The number of ether oxygens (including phenoxy) is 1. The normalized spacial score (nSPS) is 14.5. The number of piperidine rings is 1. The smallest absolute Gasteiger partial charge is 0.264 e. The van der Waals surface area contributed by atoms with Gasteiger partial charge in [0.15, 0.2) is 0 Å². The summed E-state index contributed by atoms with van der Waals surface area (Å²) in [4.78, 5) is 15.3. The van der Waals surface area contributed by atoms with E-state index in [-0.39, 0.29) is 17.3 Å². The van der Waals surface area contributed by atoms with Crippen LogP contribution in [-0.4, -0.2) is 45.5 Å². The van der Waals surface area contributed by atoms with Gasteiger partial charge in [-0.05, 0) is 61.9 Å². The summed E-state index contributed by atoms with van der Waals surface area (Å²) in [5.41, 5.74) is 1.68. The maximum absolute atomic E-state index is 13.7. The van der Waals surface area contributed by atoms with Crippen molar-refractivity contribution in [3.05, 3.63) is 90.5 Å². The van der Waals surface area contributed by atoms with Crippen LogP contribution in [0.5, 0.6) is 5.75 Å². The van der Waals surface area contributed by atoms with E-state index in [2.05, 4.69) is 24.3 Å². The largest absolute Gasteiger partial charge is 0.492 e. The lowest BCUT2D eigenvalue weighted by Crippen LogP contribution is -2.46. The third-order valence-electron chi connectivity index (χ3n) is 6.38. The summed E-state index contributed by atoms with van der Waals surface area (Å²) >= 11 is 0. The minimum Gasteiger partial charge on any atom is -0.492 e. The Kier molecular flexibility index (Phi) is 8.08. The van der Waals surface area contributed by atoms with Gasteiger partial charge >= 0.3 is 0 Å². The molecule has 1 saturated heterocycles. The maximum atomic E-state index is 13.7. The van der Waals surface area contributed by atoms with E-state index in [4.69, 9.17) is 4.74 Å². The molecule has 3 aromatic rings. The number of hydrogen-bond donors (Lipinski definition) is 0. The summed E-state index contributed by atoms with van der Waals surface area (Å²) in [6.45, 7) is 3.21. The summed E-state index contributed by atoms with van der Waals surface area (Å²) in [5, 5.41) is 0. The average molecular weight is 493 g/mol. The SMILES string of the molecule is CCOc1ccccc1N(CC(=O)N1CCC(Cc2ccccc2)CC1)S(=O)(=O)c1ccccc1. The van der Waals surface area contributed by atoms with Crippen molar-refractivity contribution < 1.29 is 17.9 Å². The third-order valence-corrected chi connectivity index (χ3v) is 8.15. The molecule has 0 aliphatic carbocycles. The van der Waals surface area contributed by atoms with Crippen molar-refractivity contribution in [3.63, 3.8) is 0 Å². The predicted octanol–water partition coefficient (Wildman–Crippen LogP) is 4.76. The molecule has 4 rings (SSSR count). The van der Waals surface area contributed by atoms with Gasteiger partial charge in [0, 0.05) is 13.1 Å². The van der Waals surface area contributed by atoms with Crippen LogP contribution in [0.25, 0.3) is 0 Å². The molecule has 6 nitrogen and oxygen atoms in total. The van der Waals surface area contributed by atoms with E-state index in [0.29, 0.717) is 37.1 Å². The number of hydrogen-bond acceptors (Lipinski definition) is 4. The van der Waals surface area contributed by atoms with Gasteiger partial charge in [-0.1, -0.05) is 60.7 Å². The number of likely N-dealkylation sites (tertiary alicyclic amines) is 1. The zero-order chi connectivity index (χ0) is 24.7. The van der Waals surface area contributed by atoms with Crippen LogP contribution in [0.2, 0.25) is 0 Å². The molecule has 1 heterocycles. The van der Waals surface area contributed by atoms with Gasteiger partial charge in [0.05, 0.1) is 17.2 Å². The van der Waals surface area contributed by atoms with E-state index in [0.717, 1.165) is 19.3 Å². The van der Waals surface area contributed by atoms with Crippen LogP contribution in [-0.2, 0) is 21.2 Å². The van der Waals surface area contributed by atoms with Crippen LogP contribution in [0.1, 0.15) is 25.3 Å². The van der Waals surface area contributed by atoms with E-state index in [1.54, 1.807) is 59.5 Å². The molecular weight excluding hydrogens is 460 g/mol. The fourth-order valence-corrected chi connectivity index (χ4v) is 5.96. The lowest BCUT2D eigenvalue weighted by atomic mass is 9.90. The molecule has 0 saturated carbocycles. The van der Waals surface area contributed by atoms with E-state index in [1.165, 1.54) is 9.87 Å². The lowest BCUT2D eigenvalue weighted by molar-refractivity contribution is -0.130. The standard InChI is InChI=1S/C28H32N2O4S/c1-2-34-27-16-10-9-15-26(27)30(35(32,33)25-13-7-4-8-14-25)22-28(31)29-19-17-24(18-20-29)21-23-11-5-3-6-12-23/h3-16,24H,2,17-22H2,1H3. The Labute approximate surface area is 208 Å². The zero-order valence-corrected chi connectivity index (χ0v) is 20.9. The molecule has 0 unspecified atom stereocenters. The van der Waals surface area contributed by atoms with Crippen molar-refractivity contribution in [1.82, 2.24) is 4.90 Å². The first-order chi connectivity index (χ1) is 17.0. The molecule has 184 valence electrons. The van der Waals surface area contributed by atoms with Crippen LogP contribution in [0.3, 0.4) is 0 Å². The Morgan fingerprint density at radius 2 is 1.51 bits per heavy atom. The molecule has 0 radical (unpaired) electrons. The van der Waals surface area contributed by atoms with Crippen LogP contribution >= 0.6 is 0 Å². The van der Waals surface area contributed by atoms with Gasteiger partial charge in [-0.25, -0.2) is 8.42 Å². The molecule has 0 atom stereocenters. The molecule has 0 N–H and O–H groups in total. The number of carbonyl (C=O) groups is 1. The second kappa shape index (κ2) is 11.4. The monoisotopic (exact) mass is 492 g/mol. The first-order valence-corrected chi connectivity index (χ1v) is 13.5. The number of nitrogens with zero attached hydrogens (tertiary/aromatic N) is 2. The Morgan fingerprint density at radius 3 is 2.17 bits per heavy atom. The summed E-state index contributed by atoms with van der Waals surface area (Å²) in [6, 6.07) is 25.6. The second-order valence-electron chi connectivity index (χ2n) is 8.74. The molecule has 3 aromatic carbocycles. The molecule has 1 fully saturated rings. The summed E-state index contributed by atoms with van der Waals surface area (Å²) in [7, 11) is -3.97. The van der Waals surface area contributed by atoms with Crippen molar-refractivity contribution in [2.45, 2.75) is 31.1 Å². The van der Waals surface area contributed by atoms with Crippen molar-refractivity contribution in [1.29, 1.82) is 0 Å². The van der Waals surface area contributed by atoms with Gasteiger partial charge in [-0.2, -0.15) is 0 Å². The van der Waals surface area contributed by atoms with Crippen molar-refractivity contribution in [2.75, 3.05) is 30.5 Å². The fourth-order valence-electron chi connectivity index (χ4n) is 4.52. The molecule has 0 aromatic heterocycles. The maximum Gasteiger partial charge on any atom is 0.264 e. The highest BCUT2D eigenvalue weighted by Crippen LogP contribution is 2.33. The molecule has 35 heavy (non-hydrogen) atoms. The number of para-hydroxylation sites is 2. The third kappa shape index (κ3) is 6.03. The van der Waals surface area contributed by atoms with Gasteiger partial charge in [-0.3, -0.25) is 9.10 Å². The molecule has 1 amide bonds. The Bertz CT molecular complexity index is 1210. The molecule has 1 aliphatic rings. The van der Waals surface area contributed by atoms with E-state index in [9.17, 15) is 13.2 Å². The predicted molar refractivity (Wildman–Crippen MR) is 138 cm³/mol. The number of carbonyl (C=O) groups excluding carboxylic acids is 1. The minimum atomic E-state index is -3.97. The highest BCUT2D eigenvalue weighted by Gasteiger charge is 2.32. The molecule has 1 aliphatic heterocycles. The van der Waals surface area contributed by atoms with Gasteiger partial charge in [-0.15, -0.1) is 0 Å². The highest BCUT2D eigenvalue weighted by molar-refractivity contribution is 7.92. The van der Waals surface area contributed by atoms with Gasteiger partial charge in [0.25, 0.3) is 10.0 Å². The average Bonchev–Trinajstić information content (AvgIpc) is 2.89. The molecular formula is C28H32N2O4S. The second-order valence-corrected chi connectivity index (χ2v) is 10.6. The minimum absolute atomic E-state index is 0.140. The molecule has 0 spiro atoms. The number of benzene rings is 3. The highest BCUT2D eigenvalue weighted by atomic mass is 32.2. The van der Waals surface area contributed by atoms with Crippen LogP contribution in [0, 0.1) is 5.92 Å². The first-order valence-electron chi connectivity index (χ1n) is 12.1. The molecule has 7 heteroatoms. The number of sulfonamides is 1. The number of rotatable bonds is 9.